The van der Waals surface area contributed by atoms with Crippen LogP contribution in [0.25, 0.3) is 0 Å². The molecule has 9 heteroatoms. The van der Waals surface area contributed by atoms with E-state index in [-0.39, 0.29) is 29.0 Å². The fourth-order valence-corrected chi connectivity index (χ4v) is 2.63. The Morgan fingerprint density at radius 2 is 1.92 bits per heavy atom. The molecule has 2 aromatic carbocycles. The Labute approximate surface area is 142 Å². The van der Waals surface area contributed by atoms with Gasteiger partial charge in [0.2, 0.25) is 0 Å². The van der Waals surface area contributed by atoms with E-state index in [4.69, 9.17) is 9.76 Å². The molecule has 0 aromatic heterocycles. The van der Waals surface area contributed by atoms with Gasteiger partial charge in [0.1, 0.15) is 5.75 Å². The van der Waals surface area contributed by atoms with Crippen LogP contribution < -0.4 is 9.97 Å². The largest absolute Gasteiger partial charge is 0.547 e. The van der Waals surface area contributed by atoms with Gasteiger partial charge < -0.3 is 30.3 Å². The molecule has 1 amide bonds. The predicted octanol–water partition coefficient (Wildman–Crippen LogP) is 0.549. The van der Waals surface area contributed by atoms with Gasteiger partial charge >= 0.3 is 13.1 Å². The summed E-state index contributed by atoms with van der Waals surface area (Å²) in [6.45, 7) is 0. The molecule has 0 spiro atoms. The number of phenolic OH excluding ortho intramolecular Hbond substituents is 2. The number of phenols is 2. The van der Waals surface area contributed by atoms with E-state index in [2.05, 4.69) is 5.32 Å². The summed E-state index contributed by atoms with van der Waals surface area (Å²) in [6, 6.07) is 8.16. The number of aromatic carboxylic acids is 1. The van der Waals surface area contributed by atoms with Gasteiger partial charge in [-0.15, -0.1) is 0 Å². The highest BCUT2D eigenvalue weighted by molar-refractivity contribution is 6.47. The minimum Gasteiger partial charge on any atom is -0.534 e. The van der Waals surface area contributed by atoms with Gasteiger partial charge in [0.05, 0.1) is 11.5 Å². The zero-order chi connectivity index (χ0) is 18.1. The Morgan fingerprint density at radius 1 is 1.16 bits per heavy atom. The SMILES string of the molecule is O=C(N[C@H]1Cc2cccc(C(=O)O)c2OB1O)c1ccc(O)c(O)c1. The summed E-state index contributed by atoms with van der Waals surface area (Å²) in [4.78, 5) is 23.5. The number of nitrogens with one attached hydrogen (secondary N) is 1. The van der Waals surface area contributed by atoms with Crippen molar-refractivity contribution in [1.29, 1.82) is 0 Å². The van der Waals surface area contributed by atoms with Gasteiger partial charge in [-0.1, -0.05) is 12.1 Å². The van der Waals surface area contributed by atoms with Gasteiger partial charge in [-0.3, -0.25) is 4.79 Å². The van der Waals surface area contributed by atoms with Crippen LogP contribution in [-0.4, -0.2) is 45.3 Å². The summed E-state index contributed by atoms with van der Waals surface area (Å²) in [7, 11) is -1.43. The van der Waals surface area contributed by atoms with Gasteiger partial charge in [-0.05, 0) is 36.2 Å². The fraction of sp³-hybridized carbons (Fsp3) is 0.125. The lowest BCUT2D eigenvalue weighted by molar-refractivity contribution is 0.0693. The third-order valence-electron chi connectivity index (χ3n) is 3.90. The second kappa shape index (κ2) is 6.37. The Kier molecular flexibility index (Phi) is 4.24. The smallest absolute Gasteiger partial charge is 0.534 e. The number of carbonyl (C=O) groups is 2. The second-order valence-electron chi connectivity index (χ2n) is 5.59. The average Bonchev–Trinajstić information content (AvgIpc) is 2.57. The third-order valence-corrected chi connectivity index (χ3v) is 3.90. The highest BCUT2D eigenvalue weighted by Gasteiger charge is 2.37. The van der Waals surface area contributed by atoms with E-state index in [0.29, 0.717) is 5.56 Å². The number of hydrogen-bond donors (Lipinski definition) is 5. The van der Waals surface area contributed by atoms with E-state index in [1.165, 1.54) is 18.2 Å². The first-order valence-electron chi connectivity index (χ1n) is 7.39. The van der Waals surface area contributed by atoms with Gasteiger partial charge in [0.25, 0.3) is 5.91 Å². The number of benzene rings is 2. The van der Waals surface area contributed by atoms with Crippen LogP contribution in [0.3, 0.4) is 0 Å². The predicted molar refractivity (Wildman–Crippen MR) is 86.7 cm³/mol. The number of carboxylic acid groups (broad SMARTS) is 1. The number of rotatable bonds is 3. The van der Waals surface area contributed by atoms with E-state index in [9.17, 15) is 24.8 Å². The molecular weight excluding hydrogens is 329 g/mol. The summed E-state index contributed by atoms with van der Waals surface area (Å²) in [5.41, 5.74) is 0.571. The van der Waals surface area contributed by atoms with Crippen LogP contribution in [0.5, 0.6) is 17.2 Å². The molecule has 0 fully saturated rings. The van der Waals surface area contributed by atoms with E-state index in [1.807, 2.05) is 0 Å². The lowest BCUT2D eigenvalue weighted by Gasteiger charge is -2.28. The van der Waals surface area contributed by atoms with Gasteiger partial charge in [0, 0.05) is 5.56 Å². The number of carbonyl (C=O) groups excluding carboxylic acids is 1. The highest BCUT2D eigenvalue weighted by Crippen LogP contribution is 2.30. The summed E-state index contributed by atoms with van der Waals surface area (Å²) in [6.07, 6.45) is 0.174. The van der Waals surface area contributed by atoms with Crippen molar-refractivity contribution in [3.63, 3.8) is 0 Å². The first-order valence-corrected chi connectivity index (χ1v) is 7.39. The molecule has 2 aromatic rings. The van der Waals surface area contributed by atoms with Crippen molar-refractivity contribution in [3.8, 4) is 17.2 Å². The molecule has 3 rings (SSSR count). The van der Waals surface area contributed by atoms with Crippen LogP contribution in [0.2, 0.25) is 0 Å². The second-order valence-corrected chi connectivity index (χ2v) is 5.59. The zero-order valence-electron chi connectivity index (χ0n) is 12.8. The molecule has 0 saturated carbocycles. The lowest BCUT2D eigenvalue weighted by Crippen LogP contribution is -2.53. The topological polar surface area (TPSA) is 136 Å². The minimum atomic E-state index is -1.43. The summed E-state index contributed by atoms with van der Waals surface area (Å²) in [5.74, 6) is -3.28. The van der Waals surface area contributed by atoms with E-state index in [1.54, 1.807) is 12.1 Å². The van der Waals surface area contributed by atoms with Gasteiger partial charge in [0.15, 0.2) is 11.5 Å². The van der Waals surface area contributed by atoms with Crippen molar-refractivity contribution in [3.05, 3.63) is 53.1 Å². The molecule has 25 heavy (non-hydrogen) atoms. The zero-order valence-corrected chi connectivity index (χ0v) is 12.8. The van der Waals surface area contributed by atoms with E-state index >= 15 is 0 Å². The summed E-state index contributed by atoms with van der Waals surface area (Å²) in [5, 5.41) is 40.6. The Balaban J connectivity index is 1.80. The van der Waals surface area contributed by atoms with Crippen LogP contribution in [0.4, 0.5) is 0 Å². The molecule has 0 unspecified atom stereocenters. The molecule has 0 aliphatic carbocycles. The number of carboxylic acids is 1. The number of aromatic hydroxyl groups is 2. The molecule has 5 N–H and O–H groups in total. The first kappa shape index (κ1) is 16.7. The summed E-state index contributed by atoms with van der Waals surface area (Å²) >= 11 is 0. The van der Waals surface area contributed by atoms with Crippen molar-refractivity contribution in [1.82, 2.24) is 5.32 Å². The lowest BCUT2D eigenvalue weighted by atomic mass is 9.72. The van der Waals surface area contributed by atoms with Crippen LogP contribution in [0.15, 0.2) is 36.4 Å². The van der Waals surface area contributed by atoms with Crippen LogP contribution >= 0.6 is 0 Å². The monoisotopic (exact) mass is 343 g/mol. The molecule has 0 radical (unpaired) electrons. The molecule has 0 bridgehead atoms. The Bertz CT molecular complexity index is 854. The number of amides is 1. The maximum Gasteiger partial charge on any atom is 0.547 e. The summed E-state index contributed by atoms with van der Waals surface area (Å²) < 4.78 is 5.29. The maximum atomic E-state index is 12.2. The number of fused-ring (bicyclic) bond motifs is 1. The van der Waals surface area contributed by atoms with Crippen LogP contribution in [0, 0.1) is 0 Å². The maximum absolute atomic E-state index is 12.2. The molecule has 8 nitrogen and oxygen atoms in total. The van der Waals surface area contributed by atoms with Crippen LogP contribution in [0.1, 0.15) is 26.3 Å². The molecular formula is C16H14BNO7. The third kappa shape index (κ3) is 3.22. The highest BCUT2D eigenvalue weighted by atomic mass is 16.5. The average molecular weight is 343 g/mol. The van der Waals surface area contributed by atoms with Gasteiger partial charge in [-0.25, -0.2) is 4.79 Å². The number of para-hydroxylation sites is 1. The normalized spacial score (nSPS) is 15.9. The Morgan fingerprint density at radius 3 is 2.60 bits per heavy atom. The van der Waals surface area contributed by atoms with Crippen molar-refractivity contribution >= 4 is 19.0 Å². The van der Waals surface area contributed by atoms with E-state index in [0.717, 1.165) is 6.07 Å². The quantitative estimate of drug-likeness (QED) is 0.405. The van der Waals surface area contributed by atoms with Gasteiger partial charge in [-0.2, -0.15) is 0 Å². The number of hydrogen-bond acceptors (Lipinski definition) is 6. The fourth-order valence-electron chi connectivity index (χ4n) is 2.63. The Hall–Kier alpha value is -3.20. The molecule has 1 aliphatic rings. The standard InChI is InChI=1S/C16H14BNO7/c19-11-5-4-9(6-12(11)20)15(21)18-13-7-8-2-1-3-10(16(22)23)14(8)25-17(13)24/h1-6,13,19-20,24H,7H2,(H,18,21)(H,22,23)/t13-/m0/s1. The first-order chi connectivity index (χ1) is 11.9. The molecule has 1 atom stereocenters. The van der Waals surface area contributed by atoms with Crippen molar-refractivity contribution < 1.29 is 34.6 Å². The molecule has 1 heterocycles. The van der Waals surface area contributed by atoms with E-state index < -0.39 is 30.7 Å². The van der Waals surface area contributed by atoms with Crippen molar-refractivity contribution in [2.24, 2.45) is 0 Å². The molecule has 0 saturated heterocycles. The van der Waals surface area contributed by atoms with Crippen molar-refractivity contribution in [2.45, 2.75) is 12.4 Å². The minimum absolute atomic E-state index is 0.0650. The molecule has 128 valence electrons. The van der Waals surface area contributed by atoms with Crippen LogP contribution in [-0.2, 0) is 6.42 Å². The molecule has 1 aliphatic heterocycles. The van der Waals surface area contributed by atoms with Crippen molar-refractivity contribution in [2.75, 3.05) is 0 Å².